The summed E-state index contributed by atoms with van der Waals surface area (Å²) in [5, 5.41) is 0. The fourth-order valence-electron chi connectivity index (χ4n) is 0.946. The normalized spacial score (nSPS) is 9.30. The van der Waals surface area contributed by atoms with Crippen molar-refractivity contribution in [2.45, 2.75) is 13.3 Å². The summed E-state index contributed by atoms with van der Waals surface area (Å²) in [5.41, 5.74) is 2.37. The highest BCUT2D eigenvalue weighted by Crippen LogP contribution is 2.09. The Labute approximate surface area is 62.2 Å². The van der Waals surface area contributed by atoms with E-state index in [9.17, 15) is 0 Å². The van der Waals surface area contributed by atoms with E-state index in [0.717, 1.165) is 12.0 Å². The van der Waals surface area contributed by atoms with Crippen molar-refractivity contribution in [3.05, 3.63) is 42.0 Å². The smallest absolute Gasteiger partial charge is 0.0181 e. The first-order valence-electron chi connectivity index (χ1n) is 3.42. The van der Waals surface area contributed by atoms with Crippen molar-refractivity contribution in [2.75, 3.05) is 0 Å². The molecule has 1 rings (SSSR count). The molecule has 0 aliphatic rings. The van der Waals surface area contributed by atoms with Gasteiger partial charge in [0, 0.05) is 0 Å². The third-order valence-corrected chi connectivity index (χ3v) is 1.55. The van der Waals surface area contributed by atoms with Crippen molar-refractivity contribution in [3.8, 4) is 0 Å². The Hall–Kier alpha value is -1.04. The summed E-state index contributed by atoms with van der Waals surface area (Å²) in [5.74, 6) is 0. The van der Waals surface area contributed by atoms with Gasteiger partial charge in [-0.3, -0.25) is 0 Å². The van der Waals surface area contributed by atoms with Gasteiger partial charge in [0.05, 0.1) is 0 Å². The fourth-order valence-corrected chi connectivity index (χ4v) is 0.946. The molecule has 50 valence electrons. The van der Waals surface area contributed by atoms with E-state index >= 15 is 0 Å². The maximum absolute atomic E-state index is 5.39. The maximum atomic E-state index is 5.39. The molecule has 0 N–H and O–H groups in total. The van der Waals surface area contributed by atoms with E-state index in [0.29, 0.717) is 0 Å². The van der Waals surface area contributed by atoms with E-state index in [1.54, 1.807) is 6.08 Å². The van der Waals surface area contributed by atoms with E-state index < -0.39 is 0 Å². The Morgan fingerprint density at radius 3 is 3.00 bits per heavy atom. The topological polar surface area (TPSA) is 0 Å². The minimum Gasteiger partial charge on any atom is -0.0616 e. The summed E-state index contributed by atoms with van der Waals surface area (Å²) in [7, 11) is 0. The molecular weight excluding hydrogens is 120 g/mol. The predicted octanol–water partition coefficient (Wildman–Crippen LogP) is 2.50. The Kier molecular flexibility index (Phi) is 2.27. The highest BCUT2D eigenvalue weighted by Gasteiger charge is 1.92. The van der Waals surface area contributed by atoms with Crippen molar-refractivity contribution >= 4 is 6.08 Å². The lowest BCUT2D eigenvalue weighted by Gasteiger charge is -1.99. The average Bonchev–Trinajstić information content (AvgIpc) is 2.04. The quantitative estimate of drug-likeness (QED) is 0.577. The summed E-state index contributed by atoms with van der Waals surface area (Å²) >= 11 is 0. The fraction of sp³-hybridized carbons (Fsp3) is 0.200. The molecule has 0 heteroatoms. The Balaban J connectivity index is 3.08. The molecule has 0 amide bonds. The molecule has 0 saturated carbocycles. The van der Waals surface area contributed by atoms with Gasteiger partial charge in [-0.15, -0.1) is 0 Å². The standard InChI is InChI=1S/C10H10/c1-3-9-7-5-6-8-10(9)4-2/h1,3,5,7-8H,4H2,2H3. The molecule has 0 saturated heterocycles. The van der Waals surface area contributed by atoms with Crippen LogP contribution in [-0.4, -0.2) is 0 Å². The van der Waals surface area contributed by atoms with Crippen LogP contribution in [0.5, 0.6) is 0 Å². The van der Waals surface area contributed by atoms with Gasteiger partial charge in [0.2, 0.25) is 0 Å². The molecular formula is C10H10. The van der Waals surface area contributed by atoms with Gasteiger partial charge >= 0.3 is 0 Å². The van der Waals surface area contributed by atoms with Crippen LogP contribution in [0, 0.1) is 12.6 Å². The molecule has 0 bridgehead atoms. The molecule has 0 atom stereocenters. The molecule has 0 heterocycles. The van der Waals surface area contributed by atoms with Crippen LogP contribution in [0.4, 0.5) is 0 Å². The summed E-state index contributed by atoms with van der Waals surface area (Å²) in [4.78, 5) is 0. The van der Waals surface area contributed by atoms with Crippen LogP contribution >= 0.6 is 0 Å². The number of hydrogen-bond acceptors (Lipinski definition) is 0. The highest BCUT2D eigenvalue weighted by atomic mass is 14.0. The zero-order chi connectivity index (χ0) is 7.40. The molecule has 0 aromatic heterocycles. The lowest BCUT2D eigenvalue weighted by molar-refractivity contribution is 1.13. The van der Waals surface area contributed by atoms with Crippen LogP contribution in [-0.2, 0) is 6.42 Å². The molecule has 10 heavy (non-hydrogen) atoms. The second-order valence-corrected chi connectivity index (χ2v) is 2.15. The van der Waals surface area contributed by atoms with Crippen LogP contribution < -0.4 is 0 Å². The van der Waals surface area contributed by atoms with E-state index in [4.69, 9.17) is 6.58 Å². The van der Waals surface area contributed by atoms with Gasteiger partial charge in [-0.1, -0.05) is 37.8 Å². The molecule has 0 nitrogen and oxygen atoms in total. The Bertz CT molecular complexity index is 223. The van der Waals surface area contributed by atoms with Gasteiger partial charge in [0.1, 0.15) is 0 Å². The van der Waals surface area contributed by atoms with Crippen LogP contribution in [0.15, 0.2) is 18.2 Å². The zero-order valence-electron chi connectivity index (χ0n) is 6.09. The van der Waals surface area contributed by atoms with Gasteiger partial charge < -0.3 is 0 Å². The zero-order valence-corrected chi connectivity index (χ0v) is 6.09. The second-order valence-electron chi connectivity index (χ2n) is 2.15. The van der Waals surface area contributed by atoms with Crippen molar-refractivity contribution in [1.82, 2.24) is 0 Å². The first-order chi connectivity index (χ1) is 4.88. The lowest BCUT2D eigenvalue weighted by atomic mass is 10.1. The molecule has 0 fully saturated rings. The predicted molar refractivity (Wildman–Crippen MR) is 43.4 cm³/mol. The number of hydrogen-bond donors (Lipinski definition) is 0. The monoisotopic (exact) mass is 130 g/mol. The highest BCUT2D eigenvalue weighted by molar-refractivity contribution is 5.50. The maximum Gasteiger partial charge on any atom is -0.0181 e. The summed E-state index contributed by atoms with van der Waals surface area (Å²) in [6.45, 7) is 7.49. The van der Waals surface area contributed by atoms with Gasteiger partial charge in [-0.2, -0.15) is 0 Å². The van der Waals surface area contributed by atoms with E-state index in [1.165, 1.54) is 5.56 Å². The van der Waals surface area contributed by atoms with E-state index in [2.05, 4.69) is 13.0 Å². The minimum atomic E-state index is 1.01. The molecule has 0 spiro atoms. The summed E-state index contributed by atoms with van der Waals surface area (Å²) < 4.78 is 0. The SMILES string of the molecule is [CH]=Cc1cc[c]cc1CC. The van der Waals surface area contributed by atoms with Crippen LogP contribution in [0.1, 0.15) is 18.1 Å². The summed E-state index contributed by atoms with van der Waals surface area (Å²) in [6, 6.07) is 8.83. The van der Waals surface area contributed by atoms with E-state index in [-0.39, 0.29) is 0 Å². The molecule has 0 unspecified atom stereocenters. The van der Waals surface area contributed by atoms with Gasteiger partial charge in [-0.05, 0) is 23.6 Å². The number of aryl methyl sites for hydroxylation is 1. The first-order valence-corrected chi connectivity index (χ1v) is 3.42. The second kappa shape index (κ2) is 3.21. The first kappa shape index (κ1) is 7.07. The van der Waals surface area contributed by atoms with Gasteiger partial charge in [-0.25, -0.2) is 0 Å². The van der Waals surface area contributed by atoms with Crippen LogP contribution in [0.3, 0.4) is 0 Å². The van der Waals surface area contributed by atoms with E-state index in [1.807, 2.05) is 18.2 Å². The molecule has 1 aromatic carbocycles. The van der Waals surface area contributed by atoms with Crippen LogP contribution in [0.25, 0.3) is 6.08 Å². The van der Waals surface area contributed by atoms with Crippen molar-refractivity contribution in [3.63, 3.8) is 0 Å². The van der Waals surface area contributed by atoms with Crippen molar-refractivity contribution < 1.29 is 0 Å². The van der Waals surface area contributed by atoms with Gasteiger partial charge in [0.25, 0.3) is 0 Å². The Morgan fingerprint density at radius 1 is 1.70 bits per heavy atom. The molecule has 2 radical (unpaired) electrons. The van der Waals surface area contributed by atoms with Crippen molar-refractivity contribution in [2.24, 2.45) is 0 Å². The summed E-state index contributed by atoms with van der Waals surface area (Å²) in [6.07, 6.45) is 2.65. The third kappa shape index (κ3) is 1.27. The van der Waals surface area contributed by atoms with Gasteiger partial charge in [0.15, 0.2) is 0 Å². The lowest BCUT2D eigenvalue weighted by Crippen LogP contribution is -1.83. The van der Waals surface area contributed by atoms with Crippen molar-refractivity contribution in [1.29, 1.82) is 0 Å². The molecule has 0 aliphatic carbocycles. The number of benzene rings is 1. The average molecular weight is 130 g/mol. The molecule has 0 aliphatic heterocycles. The largest absolute Gasteiger partial charge is 0.0616 e. The number of rotatable bonds is 2. The third-order valence-electron chi connectivity index (χ3n) is 1.55. The minimum absolute atomic E-state index is 1.01. The molecule has 1 aromatic rings. The van der Waals surface area contributed by atoms with Crippen LogP contribution in [0.2, 0.25) is 0 Å². The Morgan fingerprint density at radius 2 is 2.50 bits per heavy atom.